The van der Waals surface area contributed by atoms with Crippen molar-refractivity contribution < 1.29 is 13.2 Å². The van der Waals surface area contributed by atoms with Crippen LogP contribution in [0, 0.1) is 11.3 Å². The van der Waals surface area contributed by atoms with E-state index in [1.165, 1.54) is 0 Å². The first-order valence-electron chi connectivity index (χ1n) is 4.92. The molecule has 86 valence electrons. The predicted octanol–water partition coefficient (Wildman–Crippen LogP) is 3.21. The van der Waals surface area contributed by atoms with E-state index in [0.29, 0.717) is 12.5 Å². The van der Waals surface area contributed by atoms with Crippen LogP contribution in [0.3, 0.4) is 0 Å². The summed E-state index contributed by atoms with van der Waals surface area (Å²) in [7, 11) is 0. The Hall–Kier alpha value is -0.250. The van der Waals surface area contributed by atoms with Crippen molar-refractivity contribution >= 4 is 0 Å². The van der Waals surface area contributed by atoms with E-state index >= 15 is 0 Å². The van der Waals surface area contributed by atoms with Gasteiger partial charge in [0.25, 0.3) is 0 Å². The van der Waals surface area contributed by atoms with Gasteiger partial charge in [0.05, 0.1) is 6.42 Å². The summed E-state index contributed by atoms with van der Waals surface area (Å²) in [6.45, 7) is 8.90. The minimum Gasteiger partial charge on any atom is -0.316 e. The number of halogens is 3. The molecule has 0 aliphatic carbocycles. The van der Waals surface area contributed by atoms with Gasteiger partial charge in [-0.05, 0) is 11.3 Å². The molecule has 0 heterocycles. The van der Waals surface area contributed by atoms with E-state index in [0.717, 1.165) is 0 Å². The van der Waals surface area contributed by atoms with Gasteiger partial charge >= 0.3 is 6.18 Å². The lowest BCUT2D eigenvalue weighted by molar-refractivity contribution is -0.133. The van der Waals surface area contributed by atoms with Crippen molar-refractivity contribution in [1.82, 2.24) is 5.32 Å². The Balaban J connectivity index is 3.65. The molecule has 0 saturated heterocycles. The zero-order valence-corrected chi connectivity index (χ0v) is 9.33. The highest BCUT2D eigenvalue weighted by Crippen LogP contribution is 2.25. The molecule has 0 aromatic carbocycles. The molecule has 0 fully saturated rings. The SMILES string of the molecule is CC(C)C(C)(C)CNCCC(F)(F)F. The van der Waals surface area contributed by atoms with E-state index in [4.69, 9.17) is 0 Å². The fourth-order valence-electron chi connectivity index (χ4n) is 0.845. The number of nitrogens with one attached hydrogen (secondary N) is 1. The maximum Gasteiger partial charge on any atom is 0.390 e. The lowest BCUT2D eigenvalue weighted by Gasteiger charge is -2.29. The molecule has 0 atom stereocenters. The van der Waals surface area contributed by atoms with Crippen molar-refractivity contribution in [3.05, 3.63) is 0 Å². The lowest BCUT2D eigenvalue weighted by Crippen LogP contribution is -2.35. The molecule has 0 spiro atoms. The van der Waals surface area contributed by atoms with E-state index in [1.54, 1.807) is 0 Å². The Kier molecular flexibility index (Phi) is 4.92. The van der Waals surface area contributed by atoms with Crippen LogP contribution in [0.15, 0.2) is 0 Å². The van der Waals surface area contributed by atoms with E-state index in [-0.39, 0.29) is 12.0 Å². The minimum absolute atomic E-state index is 0.0135. The molecule has 0 unspecified atom stereocenters. The Bertz CT molecular complexity index is 161. The summed E-state index contributed by atoms with van der Waals surface area (Å²) >= 11 is 0. The smallest absolute Gasteiger partial charge is 0.316 e. The van der Waals surface area contributed by atoms with Crippen LogP contribution in [0.5, 0.6) is 0 Å². The second kappa shape index (κ2) is 5.01. The molecule has 0 rings (SSSR count). The van der Waals surface area contributed by atoms with Gasteiger partial charge < -0.3 is 5.32 Å². The average molecular weight is 211 g/mol. The zero-order chi connectivity index (χ0) is 11.4. The normalized spacial score (nSPS) is 13.7. The number of alkyl halides is 3. The fourth-order valence-corrected chi connectivity index (χ4v) is 0.845. The Morgan fingerprint density at radius 3 is 2.00 bits per heavy atom. The summed E-state index contributed by atoms with van der Waals surface area (Å²) in [4.78, 5) is 0. The van der Waals surface area contributed by atoms with Crippen molar-refractivity contribution in [2.24, 2.45) is 11.3 Å². The molecule has 0 aromatic heterocycles. The first-order valence-corrected chi connectivity index (χ1v) is 4.92. The summed E-state index contributed by atoms with van der Waals surface area (Å²) in [5.74, 6) is 0.459. The number of rotatable bonds is 5. The van der Waals surface area contributed by atoms with Gasteiger partial charge in [0, 0.05) is 13.1 Å². The Morgan fingerprint density at radius 2 is 1.64 bits per heavy atom. The summed E-state index contributed by atoms with van der Waals surface area (Å²) < 4.78 is 35.4. The van der Waals surface area contributed by atoms with E-state index in [9.17, 15) is 13.2 Å². The van der Waals surface area contributed by atoms with Gasteiger partial charge in [-0.1, -0.05) is 27.7 Å². The molecule has 0 radical (unpaired) electrons. The standard InChI is InChI=1S/C10H20F3N/c1-8(2)9(3,4)7-14-6-5-10(11,12)13/h8,14H,5-7H2,1-4H3. The van der Waals surface area contributed by atoms with E-state index in [1.807, 2.05) is 0 Å². The van der Waals surface area contributed by atoms with Gasteiger partial charge in [0.2, 0.25) is 0 Å². The highest BCUT2D eigenvalue weighted by molar-refractivity contribution is 4.74. The molecule has 0 aliphatic heterocycles. The molecule has 0 saturated carbocycles. The molecule has 1 N–H and O–H groups in total. The van der Waals surface area contributed by atoms with Crippen LogP contribution in [-0.2, 0) is 0 Å². The summed E-state index contributed by atoms with van der Waals surface area (Å²) in [6.07, 6.45) is -4.80. The van der Waals surface area contributed by atoms with Crippen molar-refractivity contribution in [3.63, 3.8) is 0 Å². The van der Waals surface area contributed by atoms with Crippen molar-refractivity contribution in [2.75, 3.05) is 13.1 Å². The van der Waals surface area contributed by atoms with Gasteiger partial charge in [-0.25, -0.2) is 0 Å². The number of hydrogen-bond donors (Lipinski definition) is 1. The van der Waals surface area contributed by atoms with E-state index in [2.05, 4.69) is 33.0 Å². The van der Waals surface area contributed by atoms with Crippen LogP contribution in [-0.4, -0.2) is 19.3 Å². The molecule has 4 heteroatoms. The summed E-state index contributed by atoms with van der Waals surface area (Å²) in [5.41, 5.74) is 0.0472. The predicted molar refractivity (Wildman–Crippen MR) is 52.2 cm³/mol. The third kappa shape index (κ3) is 6.24. The Morgan fingerprint density at radius 1 is 1.14 bits per heavy atom. The molecule has 0 bridgehead atoms. The van der Waals surface area contributed by atoms with Crippen molar-refractivity contribution in [1.29, 1.82) is 0 Å². The van der Waals surface area contributed by atoms with Crippen LogP contribution in [0.2, 0.25) is 0 Å². The summed E-state index contributed by atoms with van der Waals surface area (Å²) in [6, 6.07) is 0. The average Bonchev–Trinajstić information content (AvgIpc) is 1.96. The maximum atomic E-state index is 11.8. The van der Waals surface area contributed by atoms with Gasteiger partial charge in [-0.15, -0.1) is 0 Å². The molecular formula is C10H20F3N. The largest absolute Gasteiger partial charge is 0.390 e. The van der Waals surface area contributed by atoms with Crippen molar-refractivity contribution in [2.45, 2.75) is 40.3 Å². The monoisotopic (exact) mass is 211 g/mol. The highest BCUT2D eigenvalue weighted by atomic mass is 19.4. The first-order chi connectivity index (χ1) is 6.15. The first kappa shape index (κ1) is 13.8. The number of hydrogen-bond acceptors (Lipinski definition) is 1. The van der Waals surface area contributed by atoms with Gasteiger partial charge in [0.15, 0.2) is 0 Å². The van der Waals surface area contributed by atoms with Crippen LogP contribution in [0.25, 0.3) is 0 Å². The molecule has 1 nitrogen and oxygen atoms in total. The molecule has 0 aliphatic rings. The van der Waals surface area contributed by atoms with Crippen LogP contribution in [0.1, 0.15) is 34.1 Å². The summed E-state index contributed by atoms with van der Waals surface area (Å²) in [5, 5.41) is 2.84. The third-order valence-corrected chi connectivity index (χ3v) is 2.73. The van der Waals surface area contributed by atoms with Crippen LogP contribution < -0.4 is 5.32 Å². The maximum absolute atomic E-state index is 11.8. The molecule has 0 amide bonds. The van der Waals surface area contributed by atoms with E-state index < -0.39 is 12.6 Å². The van der Waals surface area contributed by atoms with Gasteiger partial charge in [-0.3, -0.25) is 0 Å². The zero-order valence-electron chi connectivity index (χ0n) is 9.33. The van der Waals surface area contributed by atoms with Gasteiger partial charge in [0.1, 0.15) is 0 Å². The highest BCUT2D eigenvalue weighted by Gasteiger charge is 2.27. The second-order valence-corrected chi connectivity index (χ2v) is 4.69. The van der Waals surface area contributed by atoms with Gasteiger partial charge in [-0.2, -0.15) is 13.2 Å². The molecular weight excluding hydrogens is 191 g/mol. The molecule has 14 heavy (non-hydrogen) atoms. The molecule has 0 aromatic rings. The minimum atomic E-state index is -4.05. The fraction of sp³-hybridized carbons (Fsp3) is 1.00. The third-order valence-electron chi connectivity index (χ3n) is 2.73. The lowest BCUT2D eigenvalue weighted by atomic mass is 9.81. The Labute approximate surface area is 84.1 Å². The topological polar surface area (TPSA) is 12.0 Å². The van der Waals surface area contributed by atoms with Crippen LogP contribution in [0.4, 0.5) is 13.2 Å². The quantitative estimate of drug-likeness (QED) is 0.688. The van der Waals surface area contributed by atoms with Crippen LogP contribution >= 0.6 is 0 Å². The second-order valence-electron chi connectivity index (χ2n) is 4.69. The van der Waals surface area contributed by atoms with Crippen molar-refractivity contribution in [3.8, 4) is 0 Å².